The number of halogens is 16. The van der Waals surface area contributed by atoms with E-state index in [4.69, 9.17) is 0 Å². The Hall–Kier alpha value is -1.14. The van der Waals surface area contributed by atoms with E-state index in [2.05, 4.69) is 0 Å². The first-order valence-electron chi connectivity index (χ1n) is 8.03. The van der Waals surface area contributed by atoms with E-state index in [9.17, 15) is 71.0 Å². The molecule has 0 amide bonds. The van der Waals surface area contributed by atoms with Crippen LogP contribution in [0, 0.1) is 3.57 Å². The SMILES string of the molecule is CC(O)(CC(F)(F)C(F)(F)C(F)(F)C(F)(F)C(F)(F)C(F)(F)C(F)(F)F)c1ccc(I)cc1. The van der Waals surface area contributed by atoms with Gasteiger partial charge in [-0.3, -0.25) is 0 Å². The molecule has 0 aliphatic carbocycles. The lowest BCUT2D eigenvalue weighted by Gasteiger charge is -2.42. The molecule has 1 N–H and O–H groups in total. The molecule has 0 aliphatic rings. The predicted octanol–water partition coefficient (Wildman–Crippen LogP) is 7.26. The van der Waals surface area contributed by atoms with Crippen molar-refractivity contribution in [3.63, 3.8) is 0 Å². The lowest BCUT2D eigenvalue weighted by molar-refractivity contribution is -0.453. The molecule has 0 aliphatic heterocycles. The van der Waals surface area contributed by atoms with Crippen LogP contribution >= 0.6 is 22.6 Å². The van der Waals surface area contributed by atoms with Crippen molar-refractivity contribution >= 4 is 22.6 Å². The largest absolute Gasteiger partial charge is 0.460 e. The molecular weight excluding hydrogens is 620 g/mol. The van der Waals surface area contributed by atoms with Gasteiger partial charge in [0.2, 0.25) is 0 Å². The van der Waals surface area contributed by atoms with Crippen molar-refractivity contribution in [2.24, 2.45) is 0 Å². The summed E-state index contributed by atoms with van der Waals surface area (Å²) in [6.07, 6.45) is -10.5. The lowest BCUT2D eigenvalue weighted by Crippen LogP contribution is -2.72. The van der Waals surface area contributed by atoms with Crippen molar-refractivity contribution in [2.75, 3.05) is 0 Å². The predicted molar refractivity (Wildman–Crippen MR) is 89.1 cm³/mol. The van der Waals surface area contributed by atoms with Gasteiger partial charge in [0.25, 0.3) is 0 Å². The molecule has 0 radical (unpaired) electrons. The first-order valence-corrected chi connectivity index (χ1v) is 9.10. The maximum atomic E-state index is 14.0. The van der Waals surface area contributed by atoms with Gasteiger partial charge in [-0.1, -0.05) is 12.1 Å². The van der Waals surface area contributed by atoms with E-state index in [1.54, 1.807) is 22.6 Å². The summed E-state index contributed by atoms with van der Waals surface area (Å²) in [5.74, 6) is -47.0. The topological polar surface area (TPSA) is 20.2 Å². The molecule has 0 saturated heterocycles. The zero-order valence-corrected chi connectivity index (χ0v) is 17.7. The molecule has 1 rings (SSSR count). The Balaban J connectivity index is 3.52. The summed E-state index contributed by atoms with van der Waals surface area (Å²) in [5, 5.41) is 9.97. The van der Waals surface area contributed by atoms with Crippen LogP contribution in [0.5, 0.6) is 0 Å². The first kappa shape index (κ1) is 29.9. The molecule has 0 bridgehead atoms. The highest BCUT2D eigenvalue weighted by Crippen LogP contribution is 2.63. The third-order valence-corrected chi connectivity index (χ3v) is 5.14. The van der Waals surface area contributed by atoms with Gasteiger partial charge in [-0.05, 0) is 47.2 Å². The summed E-state index contributed by atoms with van der Waals surface area (Å²) in [6, 6.07) is 3.84. The molecule has 17 heteroatoms. The van der Waals surface area contributed by atoms with Crippen molar-refractivity contribution in [1.29, 1.82) is 0 Å². The summed E-state index contributed by atoms with van der Waals surface area (Å²) in [7, 11) is 0. The van der Waals surface area contributed by atoms with E-state index in [1.807, 2.05) is 0 Å². The van der Waals surface area contributed by atoms with E-state index in [-0.39, 0.29) is 0 Å². The molecule has 0 heterocycles. The molecule has 0 fully saturated rings. The second-order valence-corrected chi connectivity index (χ2v) is 8.28. The highest BCUT2D eigenvalue weighted by atomic mass is 127. The van der Waals surface area contributed by atoms with Crippen LogP contribution in [-0.4, -0.2) is 46.8 Å². The zero-order valence-electron chi connectivity index (χ0n) is 15.5. The summed E-state index contributed by atoms with van der Waals surface area (Å²) < 4.78 is 199. The van der Waals surface area contributed by atoms with Crippen LogP contribution in [0.4, 0.5) is 65.9 Å². The Morgan fingerprint density at radius 2 is 0.939 bits per heavy atom. The average molecular weight is 630 g/mol. The van der Waals surface area contributed by atoms with Gasteiger partial charge in [0.15, 0.2) is 0 Å². The van der Waals surface area contributed by atoms with Crippen LogP contribution in [0.3, 0.4) is 0 Å². The lowest BCUT2D eigenvalue weighted by atomic mass is 9.84. The standard InChI is InChI=1S/C16H10F15IO/c1-9(33,7-2-4-8(32)5-3-7)6-10(17,18)11(19,20)12(21,22)13(23,24)14(25,26)15(27,28)16(29,30)31/h2-5,33H,6H2,1H3. The Morgan fingerprint density at radius 1 is 0.606 bits per heavy atom. The Kier molecular flexibility index (Phi) is 7.44. The summed E-state index contributed by atoms with van der Waals surface area (Å²) in [6.45, 7) is 0.321. The van der Waals surface area contributed by atoms with Gasteiger partial charge in [0.1, 0.15) is 0 Å². The third kappa shape index (κ3) is 4.59. The number of hydrogen-bond acceptors (Lipinski definition) is 1. The molecule has 0 spiro atoms. The molecule has 33 heavy (non-hydrogen) atoms. The number of benzene rings is 1. The van der Waals surface area contributed by atoms with Gasteiger partial charge >= 0.3 is 41.7 Å². The Morgan fingerprint density at radius 3 is 1.30 bits per heavy atom. The van der Waals surface area contributed by atoms with Gasteiger partial charge in [-0.2, -0.15) is 65.9 Å². The quantitative estimate of drug-likeness (QED) is 0.237. The van der Waals surface area contributed by atoms with Gasteiger partial charge in [-0.15, -0.1) is 0 Å². The molecule has 1 aromatic carbocycles. The van der Waals surface area contributed by atoms with Crippen LogP contribution < -0.4 is 0 Å². The Labute approximate surface area is 188 Å². The summed E-state index contributed by atoms with van der Waals surface area (Å²) >= 11 is 1.66. The van der Waals surface area contributed by atoms with E-state index in [0.717, 1.165) is 24.3 Å². The molecule has 1 atom stereocenters. The van der Waals surface area contributed by atoms with Crippen LogP contribution in [-0.2, 0) is 5.60 Å². The molecule has 1 nitrogen and oxygen atoms in total. The third-order valence-electron chi connectivity index (χ3n) is 4.43. The fourth-order valence-corrected chi connectivity index (χ4v) is 2.81. The number of alkyl halides is 15. The number of aliphatic hydroxyl groups is 1. The average Bonchev–Trinajstić information content (AvgIpc) is 2.59. The van der Waals surface area contributed by atoms with Crippen LogP contribution in [0.15, 0.2) is 24.3 Å². The van der Waals surface area contributed by atoms with E-state index in [0.29, 0.717) is 10.5 Å². The molecule has 1 unspecified atom stereocenters. The van der Waals surface area contributed by atoms with Gasteiger partial charge in [0.05, 0.1) is 12.0 Å². The van der Waals surface area contributed by atoms with Crippen molar-refractivity contribution in [3.05, 3.63) is 33.4 Å². The minimum absolute atomic E-state index is 0.321. The van der Waals surface area contributed by atoms with E-state index < -0.39 is 59.3 Å². The van der Waals surface area contributed by atoms with Crippen molar-refractivity contribution in [1.82, 2.24) is 0 Å². The van der Waals surface area contributed by atoms with E-state index in [1.165, 1.54) is 0 Å². The fraction of sp³-hybridized carbons (Fsp3) is 0.625. The van der Waals surface area contributed by atoms with Gasteiger partial charge in [0, 0.05) is 3.57 Å². The van der Waals surface area contributed by atoms with Gasteiger partial charge < -0.3 is 5.11 Å². The highest BCUT2D eigenvalue weighted by Gasteiger charge is 2.93. The minimum atomic E-state index is -8.35. The second-order valence-electron chi connectivity index (χ2n) is 7.03. The monoisotopic (exact) mass is 630 g/mol. The van der Waals surface area contributed by atoms with E-state index >= 15 is 0 Å². The first-order chi connectivity index (χ1) is 14.2. The zero-order chi connectivity index (χ0) is 26.7. The molecule has 0 saturated carbocycles. The maximum absolute atomic E-state index is 14.0. The number of hydrogen-bond donors (Lipinski definition) is 1. The van der Waals surface area contributed by atoms with Crippen LogP contribution in [0.1, 0.15) is 18.9 Å². The smallest absolute Gasteiger partial charge is 0.385 e. The fourth-order valence-electron chi connectivity index (χ4n) is 2.45. The molecule has 192 valence electrons. The minimum Gasteiger partial charge on any atom is -0.385 e. The highest BCUT2D eigenvalue weighted by molar-refractivity contribution is 14.1. The molecule has 0 aromatic heterocycles. The van der Waals surface area contributed by atoms with Crippen molar-refractivity contribution < 1.29 is 71.0 Å². The number of rotatable bonds is 8. The summed E-state index contributed by atoms with van der Waals surface area (Å²) in [4.78, 5) is 0. The van der Waals surface area contributed by atoms with Crippen molar-refractivity contribution in [3.8, 4) is 0 Å². The maximum Gasteiger partial charge on any atom is 0.460 e. The van der Waals surface area contributed by atoms with Crippen LogP contribution in [0.2, 0.25) is 0 Å². The Bertz CT molecular complexity index is 842. The van der Waals surface area contributed by atoms with Crippen LogP contribution in [0.25, 0.3) is 0 Å². The van der Waals surface area contributed by atoms with Gasteiger partial charge in [-0.25, -0.2) is 0 Å². The van der Waals surface area contributed by atoms with Crippen molar-refractivity contribution in [2.45, 2.75) is 60.7 Å². The summed E-state index contributed by atoms with van der Waals surface area (Å²) in [5.41, 5.74) is -3.87. The molecule has 1 aromatic rings. The molecular formula is C16H10F15IO. The normalized spacial score (nSPS) is 17.2. The second kappa shape index (κ2) is 8.22.